The Balaban J connectivity index is 1.65. The molecule has 0 aliphatic heterocycles. The van der Waals surface area contributed by atoms with E-state index in [1.165, 1.54) is 6.92 Å². The molecule has 0 aliphatic carbocycles. The van der Waals surface area contributed by atoms with Crippen LogP contribution in [0, 0.1) is 18.3 Å². The minimum Gasteiger partial charge on any atom is -0.507 e. The zero-order valence-electron chi connectivity index (χ0n) is 16.7. The molecule has 3 aromatic rings. The number of para-hydroxylation sites is 2. The van der Waals surface area contributed by atoms with Gasteiger partial charge in [0.15, 0.2) is 23.5 Å². The van der Waals surface area contributed by atoms with Crippen LogP contribution in [0.15, 0.2) is 54.3 Å². The van der Waals surface area contributed by atoms with Gasteiger partial charge in [0.25, 0.3) is 0 Å². The highest BCUT2D eigenvalue weighted by atomic mass is 16.6. The normalized spacial score (nSPS) is 12.7. The number of hydrogen-bond acceptors (Lipinski definition) is 6. The number of ether oxygens (including phenoxy) is 1. The van der Waals surface area contributed by atoms with Gasteiger partial charge in [-0.1, -0.05) is 42.0 Å². The van der Waals surface area contributed by atoms with Gasteiger partial charge in [-0.2, -0.15) is 5.26 Å². The van der Waals surface area contributed by atoms with Gasteiger partial charge in [0, 0.05) is 12.0 Å². The van der Waals surface area contributed by atoms with Crippen molar-refractivity contribution in [2.45, 2.75) is 32.8 Å². The van der Waals surface area contributed by atoms with Gasteiger partial charge in [-0.05, 0) is 26.0 Å². The Morgan fingerprint density at radius 3 is 2.53 bits per heavy atom. The molecule has 0 spiro atoms. The Morgan fingerprint density at radius 2 is 1.87 bits per heavy atom. The van der Waals surface area contributed by atoms with Crippen LogP contribution in [0.2, 0.25) is 0 Å². The fraction of sp³-hybridized carbons (Fsp3) is 0.217. The van der Waals surface area contributed by atoms with Crippen molar-refractivity contribution in [1.29, 1.82) is 5.26 Å². The van der Waals surface area contributed by atoms with E-state index < -0.39 is 17.8 Å². The second-order valence-corrected chi connectivity index (χ2v) is 6.90. The van der Waals surface area contributed by atoms with Crippen LogP contribution in [0.25, 0.3) is 16.6 Å². The fourth-order valence-electron chi connectivity index (χ4n) is 2.92. The monoisotopic (exact) mass is 403 g/mol. The number of ketones is 1. The van der Waals surface area contributed by atoms with Crippen molar-refractivity contribution < 1.29 is 19.4 Å². The summed E-state index contributed by atoms with van der Waals surface area (Å²) < 4.78 is 5.20. The number of imidazole rings is 1. The summed E-state index contributed by atoms with van der Waals surface area (Å²) in [5.41, 5.74) is 2.82. The number of aliphatic hydroxyl groups excluding tert-OH is 1. The van der Waals surface area contributed by atoms with E-state index in [0.29, 0.717) is 16.6 Å². The number of benzene rings is 2. The van der Waals surface area contributed by atoms with Gasteiger partial charge in [-0.3, -0.25) is 9.59 Å². The van der Waals surface area contributed by atoms with Gasteiger partial charge in [0.2, 0.25) is 0 Å². The van der Waals surface area contributed by atoms with Gasteiger partial charge < -0.3 is 14.8 Å². The lowest BCUT2D eigenvalue weighted by Gasteiger charge is -2.13. The maximum atomic E-state index is 12.2. The summed E-state index contributed by atoms with van der Waals surface area (Å²) in [6, 6.07) is 16.2. The van der Waals surface area contributed by atoms with E-state index in [9.17, 15) is 20.0 Å². The van der Waals surface area contributed by atoms with Crippen molar-refractivity contribution >= 4 is 28.4 Å². The first-order valence-corrected chi connectivity index (χ1v) is 9.46. The molecule has 3 rings (SSSR count). The van der Waals surface area contributed by atoms with Crippen LogP contribution in [-0.4, -0.2) is 32.9 Å². The van der Waals surface area contributed by atoms with Crippen LogP contribution in [0.4, 0.5) is 0 Å². The van der Waals surface area contributed by atoms with Gasteiger partial charge in [-0.15, -0.1) is 0 Å². The molecule has 2 N–H and O–H groups in total. The quantitative estimate of drug-likeness (QED) is 0.264. The fourth-order valence-corrected chi connectivity index (χ4v) is 2.92. The predicted octanol–water partition coefficient (Wildman–Crippen LogP) is 4.26. The van der Waals surface area contributed by atoms with E-state index in [1.54, 1.807) is 24.3 Å². The SMILES string of the molecule is Cc1ccc(C(=O)CCC(=O)O[C@@H](C)/C(O)=C(\C#N)c2nc3ccccc3[nH]2)cc1. The van der Waals surface area contributed by atoms with Crippen LogP contribution < -0.4 is 0 Å². The molecule has 0 fully saturated rings. The molecule has 0 unspecified atom stereocenters. The number of hydrogen-bond donors (Lipinski definition) is 2. The number of allylic oxidation sites excluding steroid dienone is 1. The molecule has 0 bridgehead atoms. The number of aromatic amines is 1. The Kier molecular flexibility index (Phi) is 6.28. The topological polar surface area (TPSA) is 116 Å². The number of fused-ring (bicyclic) bond motifs is 1. The molecule has 0 amide bonds. The lowest BCUT2D eigenvalue weighted by Crippen LogP contribution is -2.19. The number of aryl methyl sites for hydroxylation is 1. The van der Waals surface area contributed by atoms with E-state index in [4.69, 9.17) is 4.74 Å². The molecule has 0 saturated heterocycles. The first-order chi connectivity index (χ1) is 14.4. The maximum absolute atomic E-state index is 12.2. The summed E-state index contributed by atoms with van der Waals surface area (Å²) in [7, 11) is 0. The molecule has 1 atom stereocenters. The van der Waals surface area contributed by atoms with Crippen LogP contribution in [-0.2, 0) is 9.53 Å². The van der Waals surface area contributed by atoms with E-state index in [1.807, 2.05) is 37.3 Å². The number of Topliss-reactive ketones (excluding diaryl/α,β-unsaturated/α-hetero) is 1. The second-order valence-electron chi connectivity index (χ2n) is 6.90. The Labute approximate surface area is 173 Å². The molecule has 0 saturated carbocycles. The number of nitrogens with zero attached hydrogens (tertiary/aromatic N) is 2. The highest BCUT2D eigenvalue weighted by Gasteiger charge is 2.21. The first-order valence-electron chi connectivity index (χ1n) is 9.46. The van der Waals surface area contributed by atoms with Crippen molar-refractivity contribution in [2.75, 3.05) is 0 Å². The zero-order valence-corrected chi connectivity index (χ0v) is 16.7. The number of rotatable bonds is 7. The van der Waals surface area contributed by atoms with Crippen molar-refractivity contribution in [3.05, 3.63) is 71.2 Å². The zero-order chi connectivity index (χ0) is 21.7. The smallest absolute Gasteiger partial charge is 0.306 e. The molecule has 1 heterocycles. The number of aliphatic hydroxyl groups is 1. The molecule has 2 aromatic carbocycles. The first kappa shape index (κ1) is 20.8. The van der Waals surface area contributed by atoms with Crippen molar-refractivity contribution in [3.63, 3.8) is 0 Å². The standard InChI is InChI=1S/C23H21N3O4/c1-14-7-9-16(10-8-14)20(27)11-12-21(28)30-15(2)22(29)17(13-24)23-25-18-5-3-4-6-19(18)26-23/h3-10,15,29H,11-12H2,1-2H3,(H,25,26)/b22-17-/t15-/m0/s1. The van der Waals surface area contributed by atoms with Crippen molar-refractivity contribution in [3.8, 4) is 6.07 Å². The van der Waals surface area contributed by atoms with Gasteiger partial charge >= 0.3 is 5.97 Å². The number of carbonyl (C=O) groups is 2. The Morgan fingerprint density at radius 1 is 1.17 bits per heavy atom. The number of nitrogens with one attached hydrogen (secondary N) is 1. The predicted molar refractivity (Wildman–Crippen MR) is 112 cm³/mol. The van der Waals surface area contributed by atoms with Gasteiger partial charge in [0.1, 0.15) is 11.6 Å². The van der Waals surface area contributed by atoms with E-state index in [0.717, 1.165) is 5.56 Å². The van der Waals surface area contributed by atoms with E-state index in [-0.39, 0.29) is 30.0 Å². The third-order valence-corrected chi connectivity index (χ3v) is 4.62. The minimum atomic E-state index is -1.06. The summed E-state index contributed by atoms with van der Waals surface area (Å²) in [6.45, 7) is 3.38. The highest BCUT2D eigenvalue weighted by molar-refractivity contribution is 5.97. The summed E-state index contributed by atoms with van der Waals surface area (Å²) in [6.07, 6.45) is -1.19. The molecule has 7 nitrogen and oxygen atoms in total. The number of carbonyl (C=O) groups excluding carboxylic acids is 2. The molecular weight excluding hydrogens is 382 g/mol. The highest BCUT2D eigenvalue weighted by Crippen LogP contribution is 2.21. The summed E-state index contributed by atoms with van der Waals surface area (Å²) >= 11 is 0. The third kappa shape index (κ3) is 4.73. The minimum absolute atomic E-state index is 0.00618. The summed E-state index contributed by atoms with van der Waals surface area (Å²) in [5.74, 6) is -1.03. The molecule has 0 aliphatic rings. The number of nitriles is 1. The Hall–Kier alpha value is -3.92. The number of esters is 1. The average molecular weight is 403 g/mol. The summed E-state index contributed by atoms with van der Waals surface area (Å²) in [5, 5.41) is 19.9. The molecule has 1 aromatic heterocycles. The lowest BCUT2D eigenvalue weighted by atomic mass is 10.1. The van der Waals surface area contributed by atoms with Crippen molar-refractivity contribution in [1.82, 2.24) is 9.97 Å². The lowest BCUT2D eigenvalue weighted by molar-refractivity contribution is -0.147. The largest absolute Gasteiger partial charge is 0.507 e. The molecular formula is C23H21N3O4. The Bertz CT molecular complexity index is 1120. The molecule has 30 heavy (non-hydrogen) atoms. The number of aromatic nitrogens is 2. The number of H-pyrrole nitrogens is 1. The van der Waals surface area contributed by atoms with Crippen LogP contribution in [0.3, 0.4) is 0 Å². The third-order valence-electron chi connectivity index (χ3n) is 4.62. The second kappa shape index (κ2) is 9.05. The van der Waals surface area contributed by atoms with Crippen molar-refractivity contribution in [2.24, 2.45) is 0 Å². The van der Waals surface area contributed by atoms with Gasteiger partial charge in [0.05, 0.1) is 17.5 Å². The van der Waals surface area contributed by atoms with Crippen LogP contribution >= 0.6 is 0 Å². The molecule has 152 valence electrons. The van der Waals surface area contributed by atoms with E-state index in [2.05, 4.69) is 9.97 Å². The van der Waals surface area contributed by atoms with Crippen LogP contribution in [0.1, 0.15) is 41.5 Å². The molecule has 0 radical (unpaired) electrons. The summed E-state index contributed by atoms with van der Waals surface area (Å²) in [4.78, 5) is 31.6. The average Bonchev–Trinajstić information content (AvgIpc) is 3.16. The van der Waals surface area contributed by atoms with E-state index >= 15 is 0 Å². The maximum Gasteiger partial charge on any atom is 0.306 e. The molecule has 7 heteroatoms. The van der Waals surface area contributed by atoms with Gasteiger partial charge in [-0.25, -0.2) is 4.98 Å². The van der Waals surface area contributed by atoms with Crippen LogP contribution in [0.5, 0.6) is 0 Å².